The van der Waals surface area contributed by atoms with E-state index in [-0.39, 0.29) is 47.9 Å². The molecule has 3 rings (SSSR count). The molecule has 13 nitrogen and oxygen atoms in total. The van der Waals surface area contributed by atoms with Crippen LogP contribution in [-0.2, 0) is 19.1 Å². The van der Waals surface area contributed by atoms with Crippen molar-refractivity contribution in [2.24, 2.45) is 0 Å². The van der Waals surface area contributed by atoms with E-state index in [1.54, 1.807) is 38.1 Å². The van der Waals surface area contributed by atoms with Crippen LogP contribution in [-0.4, -0.2) is 68.6 Å². The number of methoxy groups -OCH3 is 2. The maximum Gasteiger partial charge on any atom is 0.336 e. The lowest BCUT2D eigenvalue weighted by Gasteiger charge is -2.30. The molecule has 44 heavy (non-hydrogen) atoms. The Morgan fingerprint density at radius 2 is 1.70 bits per heavy atom. The van der Waals surface area contributed by atoms with Crippen LogP contribution in [0.1, 0.15) is 43.7 Å². The number of para-hydroxylation sites is 1. The highest BCUT2D eigenvalue weighted by Gasteiger charge is 2.39. The number of nitriles is 1. The molecule has 13 heteroatoms. The van der Waals surface area contributed by atoms with E-state index in [9.17, 15) is 24.8 Å². The molecule has 234 valence electrons. The minimum absolute atomic E-state index is 0.0252. The number of ether oxygens (including phenoxy) is 4. The summed E-state index contributed by atoms with van der Waals surface area (Å²) in [5.41, 5.74) is 1.47. The zero-order valence-electron chi connectivity index (χ0n) is 25.0. The number of nitro groups is 1. The fourth-order valence-electron chi connectivity index (χ4n) is 4.81. The molecule has 0 saturated carbocycles. The molecule has 1 atom stereocenters. The molecule has 1 aliphatic heterocycles. The number of carbonyl (C=O) groups excluding carboxylic acids is 2. The Kier molecular flexibility index (Phi) is 12.3. The van der Waals surface area contributed by atoms with Gasteiger partial charge in [-0.3, -0.25) is 10.1 Å². The third-order valence-corrected chi connectivity index (χ3v) is 6.91. The summed E-state index contributed by atoms with van der Waals surface area (Å²) in [6.07, 6.45) is 0.487. The van der Waals surface area contributed by atoms with Gasteiger partial charge in [0.15, 0.2) is 0 Å². The van der Waals surface area contributed by atoms with Gasteiger partial charge in [0.25, 0.3) is 5.69 Å². The monoisotopic (exact) mass is 608 g/mol. The number of nitrogens with one attached hydrogen (secondary N) is 2. The number of hydrogen-bond donors (Lipinski definition) is 3. The largest absolute Gasteiger partial charge is 0.493 e. The summed E-state index contributed by atoms with van der Waals surface area (Å²) in [7, 11) is 2.42. The zero-order valence-corrected chi connectivity index (χ0v) is 25.0. The number of dihydropyridines is 1. The summed E-state index contributed by atoms with van der Waals surface area (Å²) in [5.74, 6) is -1.78. The molecule has 0 fully saturated rings. The average molecular weight is 609 g/mol. The number of benzene rings is 2. The Morgan fingerprint density at radius 1 is 1.05 bits per heavy atom. The van der Waals surface area contributed by atoms with Crippen LogP contribution in [0.25, 0.3) is 0 Å². The van der Waals surface area contributed by atoms with Gasteiger partial charge in [-0.15, -0.1) is 0 Å². The maximum atomic E-state index is 12.9. The lowest BCUT2D eigenvalue weighted by atomic mass is 9.80. The normalized spacial score (nSPS) is 13.9. The van der Waals surface area contributed by atoms with E-state index in [4.69, 9.17) is 24.2 Å². The minimum Gasteiger partial charge on any atom is -0.493 e. The second-order valence-corrected chi connectivity index (χ2v) is 9.93. The molecular weight excluding hydrogens is 572 g/mol. The van der Waals surface area contributed by atoms with Gasteiger partial charge in [0.1, 0.15) is 30.3 Å². The van der Waals surface area contributed by atoms with Gasteiger partial charge in [0, 0.05) is 35.6 Å². The lowest BCUT2D eigenvalue weighted by molar-refractivity contribution is -0.384. The Bertz CT molecular complexity index is 1440. The predicted octanol–water partition coefficient (Wildman–Crippen LogP) is 3.24. The van der Waals surface area contributed by atoms with Gasteiger partial charge >= 0.3 is 11.9 Å². The molecule has 0 bridgehead atoms. The van der Waals surface area contributed by atoms with Gasteiger partial charge in [-0.25, -0.2) is 9.59 Å². The molecule has 1 aliphatic rings. The number of nitro benzene ring substituents is 1. The predicted molar refractivity (Wildman–Crippen MR) is 159 cm³/mol. The van der Waals surface area contributed by atoms with E-state index in [0.717, 1.165) is 0 Å². The number of aliphatic hydroxyl groups excluding tert-OH is 1. The lowest BCUT2D eigenvalue weighted by Crippen LogP contribution is -2.32. The van der Waals surface area contributed by atoms with E-state index >= 15 is 0 Å². The van der Waals surface area contributed by atoms with Crippen LogP contribution in [0.2, 0.25) is 0 Å². The molecule has 0 radical (unpaired) electrons. The number of allylic oxidation sites excluding steroid dienone is 2. The minimum atomic E-state index is -1.04. The standard InChI is InChI=1S/C31H36N4O9/c1-19-27(30(37)41-3)29(28(20(2)34-19)31(38)42-4)24-15-22(35(39)40)11-12-26(24)43-14-8-7-13-33-17-23(36)18-44-25-10-6-5-9-21(25)16-32/h5-6,9-12,15,23,29,33-34,36H,7-8,13-14,17-18H2,1-4H3. The maximum absolute atomic E-state index is 12.9. The van der Waals surface area contributed by atoms with Crippen LogP contribution >= 0.6 is 0 Å². The number of unbranched alkanes of at least 4 members (excludes halogenated alkanes) is 1. The van der Waals surface area contributed by atoms with Crippen molar-refractivity contribution >= 4 is 17.6 Å². The number of hydrogen-bond acceptors (Lipinski definition) is 12. The summed E-state index contributed by atoms with van der Waals surface area (Å²) in [5, 5.41) is 37.2. The van der Waals surface area contributed by atoms with E-state index < -0.39 is 28.9 Å². The van der Waals surface area contributed by atoms with E-state index in [1.807, 2.05) is 6.07 Å². The van der Waals surface area contributed by atoms with Crippen molar-refractivity contribution in [3.05, 3.63) is 86.2 Å². The van der Waals surface area contributed by atoms with Crippen molar-refractivity contribution in [1.82, 2.24) is 10.6 Å². The first-order valence-electron chi connectivity index (χ1n) is 13.9. The number of rotatable bonds is 15. The molecule has 0 saturated heterocycles. The highest BCUT2D eigenvalue weighted by atomic mass is 16.6. The van der Waals surface area contributed by atoms with Crippen LogP contribution in [0.5, 0.6) is 11.5 Å². The van der Waals surface area contributed by atoms with Crippen LogP contribution in [0.15, 0.2) is 65.0 Å². The summed E-state index contributed by atoms with van der Waals surface area (Å²) in [6.45, 7) is 4.41. The smallest absolute Gasteiger partial charge is 0.336 e. The number of nitrogens with zero attached hydrogens (tertiary/aromatic N) is 2. The number of aliphatic hydroxyl groups is 1. The van der Waals surface area contributed by atoms with Gasteiger partial charge in [0.2, 0.25) is 0 Å². The first kappa shape index (κ1) is 33.6. The zero-order chi connectivity index (χ0) is 32.2. The van der Waals surface area contributed by atoms with Crippen LogP contribution in [0, 0.1) is 21.4 Å². The van der Waals surface area contributed by atoms with Crippen LogP contribution < -0.4 is 20.1 Å². The molecule has 2 aromatic rings. The Balaban J connectivity index is 1.66. The van der Waals surface area contributed by atoms with Crippen molar-refractivity contribution < 1.29 is 38.6 Å². The molecule has 0 aliphatic carbocycles. The van der Waals surface area contributed by atoms with Gasteiger partial charge < -0.3 is 34.7 Å². The second kappa shape index (κ2) is 16.1. The molecule has 0 amide bonds. The average Bonchev–Trinajstić information content (AvgIpc) is 3.02. The quantitative estimate of drug-likeness (QED) is 0.116. The molecule has 0 spiro atoms. The highest BCUT2D eigenvalue weighted by molar-refractivity contribution is 6.00. The van der Waals surface area contributed by atoms with Gasteiger partial charge in [-0.1, -0.05) is 12.1 Å². The molecule has 2 aromatic carbocycles. The topological polar surface area (TPSA) is 182 Å². The molecular formula is C31H36N4O9. The SMILES string of the molecule is COC(=O)C1=C(C)NC(C)=C(C(=O)OC)C1c1cc([N+](=O)[O-])ccc1OCCCCNCC(O)COc1ccccc1C#N. The fourth-order valence-corrected chi connectivity index (χ4v) is 4.81. The number of non-ortho nitro benzene ring substituents is 1. The summed E-state index contributed by atoms with van der Waals surface area (Å²) in [6, 6.07) is 12.9. The first-order valence-corrected chi connectivity index (χ1v) is 13.9. The second-order valence-electron chi connectivity index (χ2n) is 9.93. The first-order chi connectivity index (χ1) is 21.1. The number of esters is 2. The number of carbonyl (C=O) groups is 2. The van der Waals surface area contributed by atoms with Crippen molar-refractivity contribution in [2.45, 2.75) is 38.7 Å². The van der Waals surface area contributed by atoms with Crippen molar-refractivity contribution in [2.75, 3.05) is 40.5 Å². The van der Waals surface area contributed by atoms with E-state index in [2.05, 4.69) is 10.6 Å². The molecule has 0 aromatic heterocycles. The van der Waals surface area contributed by atoms with Crippen LogP contribution in [0.4, 0.5) is 5.69 Å². The Hall–Kier alpha value is -4.93. The molecule has 1 unspecified atom stereocenters. The summed E-state index contributed by atoms with van der Waals surface area (Å²) in [4.78, 5) is 36.9. The third-order valence-electron chi connectivity index (χ3n) is 6.91. The van der Waals surface area contributed by atoms with Gasteiger partial charge in [0.05, 0.1) is 48.4 Å². The van der Waals surface area contributed by atoms with E-state index in [1.165, 1.54) is 32.4 Å². The fraction of sp³-hybridized carbons (Fsp3) is 0.387. The van der Waals surface area contributed by atoms with Crippen molar-refractivity contribution in [1.29, 1.82) is 5.26 Å². The summed E-state index contributed by atoms with van der Waals surface area (Å²) >= 11 is 0. The van der Waals surface area contributed by atoms with Crippen molar-refractivity contribution in [3.8, 4) is 17.6 Å². The third kappa shape index (κ3) is 8.33. The van der Waals surface area contributed by atoms with E-state index in [0.29, 0.717) is 42.1 Å². The Labute approximate surface area is 255 Å². The van der Waals surface area contributed by atoms with Crippen molar-refractivity contribution in [3.63, 3.8) is 0 Å². The van der Waals surface area contributed by atoms with Gasteiger partial charge in [-0.05, 0) is 51.4 Å². The van der Waals surface area contributed by atoms with Crippen LogP contribution in [0.3, 0.4) is 0 Å². The van der Waals surface area contributed by atoms with Gasteiger partial charge in [-0.2, -0.15) is 5.26 Å². The Morgan fingerprint density at radius 3 is 2.32 bits per heavy atom. The molecule has 3 N–H and O–H groups in total. The summed E-state index contributed by atoms with van der Waals surface area (Å²) < 4.78 is 21.6. The molecule has 1 heterocycles. The highest BCUT2D eigenvalue weighted by Crippen LogP contribution is 2.44.